The van der Waals surface area contributed by atoms with E-state index in [-0.39, 0.29) is 24.8 Å². The van der Waals surface area contributed by atoms with Gasteiger partial charge >= 0.3 is 11.9 Å². The number of amides is 2. The Balaban J connectivity index is 1.68. The zero-order valence-electron chi connectivity index (χ0n) is 16.8. The van der Waals surface area contributed by atoms with Crippen LogP contribution in [-0.2, 0) is 23.9 Å². The number of carbonyl (C=O) groups is 4. The van der Waals surface area contributed by atoms with E-state index < -0.39 is 24.5 Å². The van der Waals surface area contributed by atoms with Crippen LogP contribution >= 0.6 is 0 Å². The number of benzene rings is 2. The van der Waals surface area contributed by atoms with Crippen LogP contribution in [0.3, 0.4) is 0 Å². The van der Waals surface area contributed by atoms with Gasteiger partial charge in [0.15, 0.2) is 6.61 Å². The second-order valence-electron chi connectivity index (χ2n) is 6.48. The van der Waals surface area contributed by atoms with Crippen molar-refractivity contribution in [3.8, 4) is 0 Å². The summed E-state index contributed by atoms with van der Waals surface area (Å²) in [5.41, 5.74) is 1.78. The third kappa shape index (κ3) is 7.38. The molecule has 0 aliphatic carbocycles. The summed E-state index contributed by atoms with van der Waals surface area (Å²) in [6.07, 6.45) is -0.257. The van der Waals surface area contributed by atoms with Crippen molar-refractivity contribution >= 4 is 29.4 Å². The summed E-state index contributed by atoms with van der Waals surface area (Å²) in [6.45, 7) is 1.42. The summed E-state index contributed by atoms with van der Waals surface area (Å²) in [5, 5.41) is 5.35. The number of rotatable bonds is 9. The Bertz CT molecular complexity index is 880. The molecule has 0 bridgehead atoms. The summed E-state index contributed by atoms with van der Waals surface area (Å²) in [5.74, 6) is -1.93. The molecule has 2 N–H and O–H groups in total. The number of carbonyl (C=O) groups excluding carboxylic acids is 4. The zero-order valence-corrected chi connectivity index (χ0v) is 16.8. The highest BCUT2D eigenvalue weighted by Crippen LogP contribution is 2.12. The Morgan fingerprint density at radius 2 is 1.57 bits per heavy atom. The highest BCUT2D eigenvalue weighted by atomic mass is 16.5. The molecular formula is C22H24N2O6. The summed E-state index contributed by atoms with van der Waals surface area (Å²) >= 11 is 0. The van der Waals surface area contributed by atoms with E-state index in [1.807, 2.05) is 37.3 Å². The largest absolute Gasteiger partial charge is 0.465 e. The van der Waals surface area contributed by atoms with Crippen molar-refractivity contribution in [2.75, 3.05) is 19.0 Å². The first kappa shape index (κ1) is 22.6. The standard InChI is InChI=1S/C22H24N2O6/c1-15(16-6-4-3-5-7-16)23-20(26)14-30-21(27)13-12-19(25)24-18-10-8-17(9-11-18)22(28)29-2/h3-11,15H,12-14H2,1-2H3,(H,23,26)(H,24,25)/t15-/m0/s1. The maximum absolute atomic E-state index is 11.9. The van der Waals surface area contributed by atoms with Crippen LogP contribution in [0.2, 0.25) is 0 Å². The first-order chi connectivity index (χ1) is 14.4. The molecule has 2 rings (SSSR count). The quantitative estimate of drug-likeness (QED) is 0.613. The normalized spacial score (nSPS) is 11.1. The van der Waals surface area contributed by atoms with Crippen LogP contribution in [0.5, 0.6) is 0 Å². The summed E-state index contributed by atoms with van der Waals surface area (Å²) in [6, 6.07) is 15.3. The van der Waals surface area contributed by atoms with E-state index in [9.17, 15) is 19.2 Å². The second-order valence-corrected chi connectivity index (χ2v) is 6.48. The predicted octanol–water partition coefficient (Wildman–Crippen LogP) is 2.61. The van der Waals surface area contributed by atoms with Crippen molar-refractivity contribution in [1.29, 1.82) is 0 Å². The molecule has 0 heterocycles. The molecule has 1 atom stereocenters. The number of hydrogen-bond donors (Lipinski definition) is 2. The second kappa shape index (κ2) is 11.4. The van der Waals surface area contributed by atoms with Crippen molar-refractivity contribution in [3.05, 3.63) is 65.7 Å². The molecule has 8 nitrogen and oxygen atoms in total. The highest BCUT2D eigenvalue weighted by molar-refractivity contribution is 5.94. The number of anilines is 1. The lowest BCUT2D eigenvalue weighted by molar-refractivity contribution is -0.149. The lowest BCUT2D eigenvalue weighted by atomic mass is 10.1. The Hall–Kier alpha value is -3.68. The maximum atomic E-state index is 11.9. The SMILES string of the molecule is COC(=O)c1ccc(NC(=O)CCC(=O)OCC(=O)N[C@@H](C)c2ccccc2)cc1. The molecule has 2 amide bonds. The van der Waals surface area contributed by atoms with E-state index in [1.165, 1.54) is 19.2 Å². The Morgan fingerprint density at radius 3 is 2.20 bits per heavy atom. The van der Waals surface area contributed by atoms with Gasteiger partial charge in [0.2, 0.25) is 5.91 Å². The van der Waals surface area contributed by atoms with Crippen LogP contribution in [-0.4, -0.2) is 37.5 Å². The fourth-order valence-electron chi connectivity index (χ4n) is 2.57. The van der Waals surface area contributed by atoms with E-state index in [0.29, 0.717) is 11.3 Å². The molecule has 0 saturated carbocycles. The monoisotopic (exact) mass is 412 g/mol. The summed E-state index contributed by atoms with van der Waals surface area (Å²) in [4.78, 5) is 47.0. The average Bonchev–Trinajstić information content (AvgIpc) is 2.76. The molecule has 2 aromatic rings. The molecule has 30 heavy (non-hydrogen) atoms. The van der Waals surface area contributed by atoms with Gasteiger partial charge in [0.25, 0.3) is 5.91 Å². The first-order valence-corrected chi connectivity index (χ1v) is 9.37. The lowest BCUT2D eigenvalue weighted by Crippen LogP contribution is -2.31. The van der Waals surface area contributed by atoms with Crippen molar-refractivity contribution in [2.45, 2.75) is 25.8 Å². The molecule has 0 aliphatic heterocycles. The van der Waals surface area contributed by atoms with Gasteiger partial charge in [-0.05, 0) is 36.8 Å². The van der Waals surface area contributed by atoms with E-state index >= 15 is 0 Å². The van der Waals surface area contributed by atoms with Crippen molar-refractivity contribution in [3.63, 3.8) is 0 Å². The van der Waals surface area contributed by atoms with Gasteiger partial charge in [-0.2, -0.15) is 0 Å². The van der Waals surface area contributed by atoms with Crippen molar-refractivity contribution in [2.24, 2.45) is 0 Å². The third-order valence-corrected chi connectivity index (χ3v) is 4.19. The minimum Gasteiger partial charge on any atom is -0.465 e. The molecule has 0 unspecified atom stereocenters. The molecule has 8 heteroatoms. The van der Waals surface area contributed by atoms with E-state index in [2.05, 4.69) is 15.4 Å². The van der Waals surface area contributed by atoms with E-state index in [1.54, 1.807) is 12.1 Å². The van der Waals surface area contributed by atoms with Crippen LogP contribution in [0.25, 0.3) is 0 Å². The molecule has 2 aromatic carbocycles. The predicted molar refractivity (Wildman–Crippen MR) is 110 cm³/mol. The fourth-order valence-corrected chi connectivity index (χ4v) is 2.57. The zero-order chi connectivity index (χ0) is 21.9. The maximum Gasteiger partial charge on any atom is 0.337 e. The summed E-state index contributed by atoms with van der Waals surface area (Å²) in [7, 11) is 1.28. The Kier molecular flexibility index (Phi) is 8.56. The van der Waals surface area contributed by atoms with Gasteiger partial charge in [-0.15, -0.1) is 0 Å². The molecular weight excluding hydrogens is 388 g/mol. The van der Waals surface area contributed by atoms with Crippen molar-refractivity contribution < 1.29 is 28.7 Å². The molecule has 158 valence electrons. The van der Waals surface area contributed by atoms with Gasteiger partial charge in [0.05, 0.1) is 25.1 Å². The first-order valence-electron chi connectivity index (χ1n) is 9.37. The number of esters is 2. The smallest absolute Gasteiger partial charge is 0.337 e. The summed E-state index contributed by atoms with van der Waals surface area (Å²) < 4.78 is 9.51. The van der Waals surface area contributed by atoms with Gasteiger partial charge in [-0.25, -0.2) is 4.79 Å². The topological polar surface area (TPSA) is 111 Å². The molecule has 0 fully saturated rings. The number of ether oxygens (including phenoxy) is 2. The van der Waals surface area contributed by atoms with Crippen molar-refractivity contribution in [1.82, 2.24) is 5.32 Å². The lowest BCUT2D eigenvalue weighted by Gasteiger charge is -2.14. The van der Waals surface area contributed by atoms with E-state index in [4.69, 9.17) is 4.74 Å². The molecule has 0 aliphatic rings. The number of hydrogen-bond acceptors (Lipinski definition) is 6. The van der Waals surface area contributed by atoms with Gasteiger partial charge < -0.3 is 20.1 Å². The number of nitrogens with one attached hydrogen (secondary N) is 2. The molecule has 0 saturated heterocycles. The molecule has 0 spiro atoms. The van der Waals surface area contributed by atoms with Crippen LogP contribution in [0.4, 0.5) is 5.69 Å². The number of methoxy groups -OCH3 is 1. The van der Waals surface area contributed by atoms with Gasteiger partial charge in [0, 0.05) is 12.1 Å². The van der Waals surface area contributed by atoms with Crippen LogP contribution in [0, 0.1) is 0 Å². The van der Waals surface area contributed by atoms with Crippen LogP contribution in [0.1, 0.15) is 41.7 Å². The minimum absolute atomic E-state index is 0.0976. The van der Waals surface area contributed by atoms with Gasteiger partial charge in [0.1, 0.15) is 0 Å². The van der Waals surface area contributed by atoms with Crippen LogP contribution in [0.15, 0.2) is 54.6 Å². The Morgan fingerprint density at radius 1 is 0.900 bits per heavy atom. The highest BCUT2D eigenvalue weighted by Gasteiger charge is 2.13. The van der Waals surface area contributed by atoms with Gasteiger partial charge in [-0.1, -0.05) is 30.3 Å². The average molecular weight is 412 g/mol. The van der Waals surface area contributed by atoms with E-state index in [0.717, 1.165) is 5.56 Å². The minimum atomic E-state index is -0.645. The Labute approximate surface area is 174 Å². The van der Waals surface area contributed by atoms with Crippen LogP contribution < -0.4 is 10.6 Å². The fraction of sp³-hybridized carbons (Fsp3) is 0.273. The van der Waals surface area contributed by atoms with Gasteiger partial charge in [-0.3, -0.25) is 14.4 Å². The molecule has 0 radical (unpaired) electrons. The molecule has 0 aromatic heterocycles. The third-order valence-electron chi connectivity index (χ3n) is 4.19.